The molecule has 224 valence electrons. The van der Waals surface area contributed by atoms with Crippen molar-refractivity contribution in [3.63, 3.8) is 0 Å². The smallest absolute Gasteiger partial charge is 0.251 e. The molecule has 3 aliphatic heterocycles. The number of ether oxygens (including phenoxy) is 1. The first-order valence-corrected chi connectivity index (χ1v) is 15.4. The molecule has 0 aromatic heterocycles. The standard InChI is InChI=1S/C33H41FN4O4/c1-42-26-4-2-3-24(17-26)31(40)35-25-9-13-37(14-10-25)21-22-19-33(20-22)11-15-38(16-12-33)29-7-5-23(18-28(29)34)27-6-8-30(39)36-32(27)41/h2-5,7,17-18,22,25,27H,6,8-16,19-21H2,1H3,(H,35,40)(H,36,39,41). The summed E-state index contributed by atoms with van der Waals surface area (Å²) in [5.41, 5.74) is 2.26. The Balaban J connectivity index is 0.926. The molecule has 0 radical (unpaired) electrons. The van der Waals surface area contributed by atoms with Crippen LogP contribution in [0.5, 0.6) is 5.75 Å². The highest BCUT2D eigenvalue weighted by Gasteiger charge is 2.46. The second-order valence-corrected chi connectivity index (χ2v) is 12.8. The highest BCUT2D eigenvalue weighted by Crippen LogP contribution is 2.53. The third kappa shape index (κ3) is 6.16. The van der Waals surface area contributed by atoms with Crippen LogP contribution >= 0.6 is 0 Å². The zero-order valence-corrected chi connectivity index (χ0v) is 24.4. The molecule has 1 saturated carbocycles. The number of anilines is 1. The number of hydrogen-bond donors (Lipinski definition) is 2. The van der Waals surface area contributed by atoms with Crippen molar-refractivity contribution < 1.29 is 23.5 Å². The molecule has 2 aromatic carbocycles. The number of benzene rings is 2. The van der Waals surface area contributed by atoms with Crippen LogP contribution in [0.25, 0.3) is 0 Å². The van der Waals surface area contributed by atoms with Gasteiger partial charge in [-0.3, -0.25) is 19.7 Å². The number of nitrogens with one attached hydrogen (secondary N) is 2. The number of piperidine rings is 3. The van der Waals surface area contributed by atoms with E-state index in [-0.39, 0.29) is 36.0 Å². The molecule has 1 spiro atoms. The van der Waals surface area contributed by atoms with Crippen molar-refractivity contribution in [3.8, 4) is 5.75 Å². The number of amides is 3. The number of halogens is 1. The molecule has 4 fully saturated rings. The van der Waals surface area contributed by atoms with Gasteiger partial charge in [0.2, 0.25) is 11.8 Å². The highest BCUT2D eigenvalue weighted by molar-refractivity contribution is 6.01. The van der Waals surface area contributed by atoms with Crippen molar-refractivity contribution in [2.45, 2.75) is 63.3 Å². The van der Waals surface area contributed by atoms with E-state index in [1.165, 1.54) is 18.9 Å². The first-order chi connectivity index (χ1) is 20.3. The van der Waals surface area contributed by atoms with Crippen molar-refractivity contribution in [2.75, 3.05) is 44.7 Å². The van der Waals surface area contributed by atoms with Crippen molar-refractivity contribution in [1.29, 1.82) is 0 Å². The van der Waals surface area contributed by atoms with Crippen LogP contribution in [0, 0.1) is 17.2 Å². The SMILES string of the molecule is COc1cccc(C(=O)NC2CCN(CC3CC4(CCN(c5ccc(C6CCC(=O)NC6=O)cc5F)CC4)C3)CC2)c1. The predicted octanol–water partition coefficient (Wildman–Crippen LogP) is 4.25. The fourth-order valence-electron chi connectivity index (χ4n) is 7.59. The normalized spacial score (nSPS) is 23.4. The van der Waals surface area contributed by atoms with Crippen LogP contribution in [0.3, 0.4) is 0 Å². The zero-order valence-electron chi connectivity index (χ0n) is 24.4. The summed E-state index contributed by atoms with van der Waals surface area (Å²) in [6.45, 7) is 4.83. The lowest BCUT2D eigenvalue weighted by Crippen LogP contribution is -2.51. The maximum absolute atomic E-state index is 15.1. The first-order valence-electron chi connectivity index (χ1n) is 15.4. The minimum absolute atomic E-state index is 0.0373. The molecular weight excluding hydrogens is 535 g/mol. The summed E-state index contributed by atoms with van der Waals surface area (Å²) in [5, 5.41) is 5.56. The van der Waals surface area contributed by atoms with E-state index in [2.05, 4.69) is 20.4 Å². The number of rotatable bonds is 7. The highest BCUT2D eigenvalue weighted by atomic mass is 19.1. The van der Waals surface area contributed by atoms with Gasteiger partial charge < -0.3 is 19.9 Å². The molecule has 1 aliphatic carbocycles. The Kier molecular flexibility index (Phi) is 8.21. The summed E-state index contributed by atoms with van der Waals surface area (Å²) >= 11 is 0. The van der Waals surface area contributed by atoms with Crippen LogP contribution in [0.4, 0.5) is 10.1 Å². The van der Waals surface area contributed by atoms with Crippen LogP contribution < -0.4 is 20.3 Å². The molecule has 4 aliphatic rings. The van der Waals surface area contributed by atoms with Gasteiger partial charge in [0.15, 0.2) is 0 Å². The third-order valence-corrected chi connectivity index (χ3v) is 9.99. The van der Waals surface area contributed by atoms with Crippen molar-refractivity contribution in [1.82, 2.24) is 15.5 Å². The summed E-state index contributed by atoms with van der Waals surface area (Å²) in [7, 11) is 1.61. The van der Waals surface area contributed by atoms with E-state index in [4.69, 9.17) is 4.74 Å². The second kappa shape index (κ2) is 12.0. The molecule has 3 heterocycles. The van der Waals surface area contributed by atoms with Crippen molar-refractivity contribution >= 4 is 23.4 Å². The number of likely N-dealkylation sites (tertiary alicyclic amines) is 1. The Morgan fingerprint density at radius 3 is 2.50 bits per heavy atom. The summed E-state index contributed by atoms with van der Waals surface area (Å²) in [6.07, 6.45) is 7.29. The lowest BCUT2D eigenvalue weighted by Gasteiger charge is -2.54. The molecule has 0 bridgehead atoms. The number of carbonyl (C=O) groups is 3. The molecule has 8 nitrogen and oxygen atoms in total. The Hall–Kier alpha value is -3.46. The average molecular weight is 577 g/mol. The monoisotopic (exact) mass is 576 g/mol. The quantitative estimate of drug-likeness (QED) is 0.479. The van der Waals surface area contributed by atoms with Crippen molar-refractivity contribution in [2.24, 2.45) is 11.3 Å². The number of methoxy groups -OCH3 is 1. The Labute approximate surface area is 247 Å². The predicted molar refractivity (Wildman–Crippen MR) is 158 cm³/mol. The molecule has 3 amide bonds. The molecule has 3 saturated heterocycles. The number of carbonyl (C=O) groups excluding carboxylic acids is 3. The topological polar surface area (TPSA) is 91.0 Å². The van der Waals surface area contributed by atoms with Gasteiger partial charge in [-0.05, 0) is 92.2 Å². The van der Waals surface area contributed by atoms with E-state index < -0.39 is 5.92 Å². The van der Waals surface area contributed by atoms with Gasteiger partial charge in [-0.25, -0.2) is 4.39 Å². The van der Waals surface area contributed by atoms with Crippen LogP contribution in [0.1, 0.15) is 73.2 Å². The minimum Gasteiger partial charge on any atom is -0.497 e. The van der Waals surface area contributed by atoms with E-state index >= 15 is 4.39 Å². The molecule has 6 rings (SSSR count). The molecule has 2 N–H and O–H groups in total. The van der Waals surface area contributed by atoms with Crippen LogP contribution in [-0.4, -0.2) is 68.5 Å². The van der Waals surface area contributed by atoms with E-state index in [0.29, 0.717) is 40.3 Å². The van der Waals surface area contributed by atoms with Crippen LogP contribution in [0.2, 0.25) is 0 Å². The van der Waals surface area contributed by atoms with Gasteiger partial charge >= 0.3 is 0 Å². The van der Waals surface area contributed by atoms with E-state index in [1.54, 1.807) is 19.2 Å². The Morgan fingerprint density at radius 1 is 1.05 bits per heavy atom. The van der Waals surface area contributed by atoms with E-state index in [0.717, 1.165) is 58.4 Å². The second-order valence-electron chi connectivity index (χ2n) is 12.8. The summed E-state index contributed by atoms with van der Waals surface area (Å²) in [5.74, 6) is 0.0141. The number of nitrogens with zero attached hydrogens (tertiary/aromatic N) is 2. The molecular formula is C33H41FN4O4. The van der Waals surface area contributed by atoms with Gasteiger partial charge in [0.25, 0.3) is 5.91 Å². The summed E-state index contributed by atoms with van der Waals surface area (Å²) < 4.78 is 20.4. The van der Waals surface area contributed by atoms with Gasteiger partial charge in [0.1, 0.15) is 11.6 Å². The molecule has 1 unspecified atom stereocenters. The molecule has 1 atom stereocenters. The Morgan fingerprint density at radius 2 is 1.81 bits per heavy atom. The van der Waals surface area contributed by atoms with E-state index in [9.17, 15) is 14.4 Å². The van der Waals surface area contributed by atoms with Gasteiger partial charge in [-0.1, -0.05) is 12.1 Å². The van der Waals surface area contributed by atoms with Crippen LogP contribution in [-0.2, 0) is 9.59 Å². The maximum Gasteiger partial charge on any atom is 0.251 e. The Bertz CT molecular complexity index is 1330. The first kappa shape index (κ1) is 28.6. The number of hydrogen-bond acceptors (Lipinski definition) is 6. The molecule has 42 heavy (non-hydrogen) atoms. The van der Waals surface area contributed by atoms with E-state index in [1.807, 2.05) is 24.3 Å². The lowest BCUT2D eigenvalue weighted by molar-refractivity contribution is -0.134. The fourth-order valence-corrected chi connectivity index (χ4v) is 7.59. The van der Waals surface area contributed by atoms with Gasteiger partial charge in [-0.15, -0.1) is 0 Å². The third-order valence-electron chi connectivity index (χ3n) is 9.99. The zero-order chi connectivity index (χ0) is 29.3. The fraction of sp³-hybridized carbons (Fsp3) is 0.545. The van der Waals surface area contributed by atoms with Crippen molar-refractivity contribution in [3.05, 3.63) is 59.4 Å². The summed E-state index contributed by atoms with van der Waals surface area (Å²) in [4.78, 5) is 41.0. The summed E-state index contributed by atoms with van der Waals surface area (Å²) in [6, 6.07) is 12.6. The maximum atomic E-state index is 15.1. The van der Waals surface area contributed by atoms with Crippen LogP contribution in [0.15, 0.2) is 42.5 Å². The largest absolute Gasteiger partial charge is 0.497 e. The van der Waals surface area contributed by atoms with Gasteiger partial charge in [0.05, 0.1) is 18.7 Å². The van der Waals surface area contributed by atoms with Gasteiger partial charge in [-0.2, -0.15) is 0 Å². The minimum atomic E-state index is -0.466. The molecule has 2 aromatic rings. The lowest BCUT2D eigenvalue weighted by atomic mass is 9.57. The average Bonchev–Trinajstić information content (AvgIpc) is 2.98. The van der Waals surface area contributed by atoms with Gasteiger partial charge in [0, 0.05) is 50.7 Å². The molecule has 9 heteroatoms. The number of imide groups is 1.